The molecule has 1 saturated carbocycles. The minimum atomic E-state index is -0.230. The molecule has 1 aliphatic carbocycles. The van der Waals surface area contributed by atoms with Crippen LogP contribution in [-0.4, -0.2) is 49.7 Å². The van der Waals surface area contributed by atoms with Gasteiger partial charge in [-0.1, -0.05) is 0 Å². The highest BCUT2D eigenvalue weighted by molar-refractivity contribution is 5.89. The highest BCUT2D eigenvalue weighted by Gasteiger charge is 2.53. The van der Waals surface area contributed by atoms with Crippen LogP contribution >= 0.6 is 0 Å². The van der Waals surface area contributed by atoms with Gasteiger partial charge in [0, 0.05) is 30.2 Å². The molecule has 1 aromatic rings. The van der Waals surface area contributed by atoms with Gasteiger partial charge in [0.15, 0.2) is 0 Å². The number of benzene rings is 1. The second-order valence-electron chi connectivity index (χ2n) is 7.43. The molecule has 0 radical (unpaired) electrons. The number of rotatable bonds is 4. The molecule has 4 nitrogen and oxygen atoms in total. The van der Waals surface area contributed by atoms with E-state index in [2.05, 4.69) is 21.9 Å². The number of esters is 1. The molecule has 0 bridgehead atoms. The highest BCUT2D eigenvalue weighted by atomic mass is 16.5. The van der Waals surface area contributed by atoms with Crippen LogP contribution in [0.1, 0.15) is 43.0 Å². The lowest BCUT2D eigenvalue weighted by Crippen LogP contribution is -2.66. The molecular formula is C19H26N2O2. The van der Waals surface area contributed by atoms with Crippen LogP contribution < -0.4 is 4.90 Å². The summed E-state index contributed by atoms with van der Waals surface area (Å²) in [6.07, 6.45) is 5.54. The van der Waals surface area contributed by atoms with E-state index in [9.17, 15) is 4.79 Å². The minimum Gasteiger partial charge on any atom is -0.462 e. The summed E-state index contributed by atoms with van der Waals surface area (Å²) in [6.45, 7) is 7.25. The predicted octanol–water partition coefficient (Wildman–Crippen LogP) is 2.93. The van der Waals surface area contributed by atoms with Crippen LogP contribution in [0.5, 0.6) is 0 Å². The van der Waals surface area contributed by atoms with Crippen LogP contribution in [0.3, 0.4) is 0 Å². The second-order valence-corrected chi connectivity index (χ2v) is 7.43. The molecule has 2 heterocycles. The summed E-state index contributed by atoms with van der Waals surface area (Å²) in [5, 5.41) is 0. The van der Waals surface area contributed by atoms with Crippen LogP contribution in [0.15, 0.2) is 24.3 Å². The van der Waals surface area contributed by atoms with Crippen LogP contribution in [-0.2, 0) is 4.74 Å². The van der Waals surface area contributed by atoms with E-state index in [1.54, 1.807) is 0 Å². The van der Waals surface area contributed by atoms with Crippen molar-refractivity contribution in [2.45, 2.75) is 38.6 Å². The quantitative estimate of drug-likeness (QED) is 0.800. The Morgan fingerprint density at radius 3 is 2.43 bits per heavy atom. The van der Waals surface area contributed by atoms with Gasteiger partial charge in [-0.3, -0.25) is 0 Å². The van der Waals surface area contributed by atoms with Crippen molar-refractivity contribution in [1.82, 2.24) is 4.90 Å². The average molecular weight is 314 g/mol. The average Bonchev–Trinajstić information content (AvgIpc) is 2.99. The summed E-state index contributed by atoms with van der Waals surface area (Å²) in [6, 6.07) is 8.72. The van der Waals surface area contributed by atoms with Crippen molar-refractivity contribution < 1.29 is 9.53 Å². The van der Waals surface area contributed by atoms with Crippen LogP contribution in [0.25, 0.3) is 0 Å². The van der Waals surface area contributed by atoms with E-state index < -0.39 is 0 Å². The molecule has 0 amide bonds. The lowest BCUT2D eigenvalue weighted by molar-refractivity contribution is -0.00975. The summed E-state index contributed by atoms with van der Waals surface area (Å²) in [5.41, 5.74) is 2.45. The van der Waals surface area contributed by atoms with Crippen molar-refractivity contribution in [3.63, 3.8) is 0 Å². The molecule has 2 aliphatic heterocycles. The molecule has 3 fully saturated rings. The summed E-state index contributed by atoms with van der Waals surface area (Å²) in [7, 11) is 0. The fourth-order valence-electron chi connectivity index (χ4n) is 4.53. The Morgan fingerprint density at radius 2 is 1.83 bits per heavy atom. The Balaban J connectivity index is 1.29. The van der Waals surface area contributed by atoms with Crippen molar-refractivity contribution in [1.29, 1.82) is 0 Å². The maximum Gasteiger partial charge on any atom is 0.338 e. The van der Waals surface area contributed by atoms with Crippen molar-refractivity contribution in [3.8, 4) is 0 Å². The number of anilines is 1. The van der Waals surface area contributed by atoms with E-state index >= 15 is 0 Å². The van der Waals surface area contributed by atoms with E-state index in [-0.39, 0.29) is 5.97 Å². The molecular weight excluding hydrogens is 288 g/mol. The first-order valence-corrected chi connectivity index (χ1v) is 8.95. The first-order valence-electron chi connectivity index (χ1n) is 8.95. The molecule has 124 valence electrons. The standard InChI is InChI=1S/C19H26N2O2/c1-2-23-18(22)15-5-7-16(8-6-15)21-13-19(14-21)11-17(12-19)20-9-3-4-10-20/h5-8,17H,2-4,9-14H2,1H3. The van der Waals surface area contributed by atoms with Gasteiger partial charge in [0.05, 0.1) is 12.2 Å². The second kappa shape index (κ2) is 5.82. The Kier molecular flexibility index (Phi) is 3.80. The van der Waals surface area contributed by atoms with Crippen molar-refractivity contribution in [2.24, 2.45) is 5.41 Å². The van der Waals surface area contributed by atoms with E-state index in [1.165, 1.54) is 57.5 Å². The Hall–Kier alpha value is -1.55. The van der Waals surface area contributed by atoms with Gasteiger partial charge in [0.1, 0.15) is 0 Å². The molecule has 1 spiro atoms. The SMILES string of the molecule is CCOC(=O)c1ccc(N2CC3(CC(N4CCCC4)C3)C2)cc1. The lowest BCUT2D eigenvalue weighted by atomic mass is 9.60. The maximum atomic E-state index is 11.7. The molecule has 0 aromatic heterocycles. The van der Waals surface area contributed by atoms with Crippen molar-refractivity contribution in [2.75, 3.05) is 37.7 Å². The lowest BCUT2D eigenvalue weighted by Gasteiger charge is -2.61. The highest BCUT2D eigenvalue weighted by Crippen LogP contribution is 2.51. The van der Waals surface area contributed by atoms with Gasteiger partial charge in [0.25, 0.3) is 0 Å². The van der Waals surface area contributed by atoms with Gasteiger partial charge >= 0.3 is 5.97 Å². The number of nitrogens with zero attached hydrogens (tertiary/aromatic N) is 2. The summed E-state index contributed by atoms with van der Waals surface area (Å²) in [5.74, 6) is -0.230. The number of ether oxygens (including phenoxy) is 1. The van der Waals surface area contributed by atoms with Crippen LogP contribution in [0, 0.1) is 5.41 Å². The zero-order valence-corrected chi connectivity index (χ0v) is 14.0. The molecule has 4 heteroatoms. The fourth-order valence-corrected chi connectivity index (χ4v) is 4.53. The Bertz CT molecular complexity index is 564. The van der Waals surface area contributed by atoms with Gasteiger partial charge in [-0.2, -0.15) is 0 Å². The Morgan fingerprint density at radius 1 is 1.17 bits per heavy atom. The molecule has 1 aromatic carbocycles. The molecule has 0 atom stereocenters. The number of carbonyl (C=O) groups is 1. The molecule has 4 rings (SSSR count). The van der Waals surface area contributed by atoms with Gasteiger partial charge in [-0.15, -0.1) is 0 Å². The third-order valence-corrected chi connectivity index (χ3v) is 5.79. The zero-order valence-electron chi connectivity index (χ0n) is 14.0. The third kappa shape index (κ3) is 2.74. The van der Waals surface area contributed by atoms with Gasteiger partial charge in [-0.05, 0) is 70.0 Å². The zero-order chi connectivity index (χ0) is 15.9. The minimum absolute atomic E-state index is 0.230. The monoisotopic (exact) mass is 314 g/mol. The molecule has 2 saturated heterocycles. The van der Waals surface area contributed by atoms with Gasteiger partial charge in [0.2, 0.25) is 0 Å². The van der Waals surface area contributed by atoms with E-state index in [0.717, 1.165) is 6.04 Å². The molecule has 0 unspecified atom stereocenters. The Labute approximate surface area is 138 Å². The smallest absolute Gasteiger partial charge is 0.338 e. The van der Waals surface area contributed by atoms with E-state index in [4.69, 9.17) is 4.74 Å². The van der Waals surface area contributed by atoms with E-state index in [1.807, 2.05) is 19.1 Å². The van der Waals surface area contributed by atoms with Crippen LogP contribution in [0.2, 0.25) is 0 Å². The number of likely N-dealkylation sites (tertiary alicyclic amines) is 1. The van der Waals surface area contributed by atoms with Gasteiger partial charge in [-0.25, -0.2) is 4.79 Å². The van der Waals surface area contributed by atoms with E-state index in [0.29, 0.717) is 17.6 Å². The first-order chi connectivity index (χ1) is 11.2. The van der Waals surface area contributed by atoms with Crippen molar-refractivity contribution >= 4 is 11.7 Å². The number of hydrogen-bond acceptors (Lipinski definition) is 4. The van der Waals surface area contributed by atoms with Crippen molar-refractivity contribution in [3.05, 3.63) is 29.8 Å². The summed E-state index contributed by atoms with van der Waals surface area (Å²) < 4.78 is 5.03. The fraction of sp³-hybridized carbons (Fsp3) is 0.632. The topological polar surface area (TPSA) is 32.8 Å². The number of carbonyl (C=O) groups excluding carboxylic acids is 1. The normalized spacial score (nSPS) is 23.6. The van der Waals surface area contributed by atoms with Gasteiger partial charge < -0.3 is 14.5 Å². The third-order valence-electron chi connectivity index (χ3n) is 5.79. The first kappa shape index (κ1) is 15.0. The molecule has 0 N–H and O–H groups in total. The summed E-state index contributed by atoms with van der Waals surface area (Å²) >= 11 is 0. The molecule has 23 heavy (non-hydrogen) atoms. The molecule has 3 aliphatic rings. The predicted molar refractivity (Wildman–Crippen MR) is 90.9 cm³/mol. The summed E-state index contributed by atoms with van der Waals surface area (Å²) in [4.78, 5) is 16.8. The maximum absolute atomic E-state index is 11.7. The number of hydrogen-bond donors (Lipinski definition) is 0. The largest absolute Gasteiger partial charge is 0.462 e. The van der Waals surface area contributed by atoms with Crippen LogP contribution in [0.4, 0.5) is 5.69 Å².